The van der Waals surface area contributed by atoms with E-state index in [9.17, 15) is 14.9 Å². The van der Waals surface area contributed by atoms with Gasteiger partial charge in [-0.25, -0.2) is 0 Å². The molecular weight excluding hydrogens is 234 g/mol. The number of ketones is 1. The third-order valence-electron chi connectivity index (χ3n) is 2.49. The molecule has 2 aromatic rings. The number of furan rings is 1. The fourth-order valence-corrected chi connectivity index (χ4v) is 1.67. The summed E-state index contributed by atoms with van der Waals surface area (Å²) in [6, 6.07) is 10.0. The number of rotatable bonds is 4. The largest absolute Gasteiger partial charge is 0.433 e. The van der Waals surface area contributed by atoms with E-state index in [0.29, 0.717) is 0 Å². The Bertz CT molecular complexity index is 601. The van der Waals surface area contributed by atoms with Crippen LogP contribution < -0.4 is 0 Å². The molecule has 0 amide bonds. The highest BCUT2D eigenvalue weighted by molar-refractivity contribution is 5.95. The highest BCUT2D eigenvalue weighted by Gasteiger charge is 2.17. The summed E-state index contributed by atoms with van der Waals surface area (Å²) in [6.45, 7) is 1.94. The maximum Gasteiger partial charge on any atom is 0.433 e. The minimum Gasteiger partial charge on any atom is -0.397 e. The van der Waals surface area contributed by atoms with Crippen LogP contribution in [0, 0.1) is 17.0 Å². The van der Waals surface area contributed by atoms with Crippen LogP contribution in [0.5, 0.6) is 0 Å². The lowest BCUT2D eigenvalue weighted by molar-refractivity contribution is -0.402. The Hall–Kier alpha value is -2.43. The zero-order valence-electron chi connectivity index (χ0n) is 9.75. The van der Waals surface area contributed by atoms with E-state index in [2.05, 4.69) is 0 Å². The Morgan fingerprint density at radius 1 is 1.33 bits per heavy atom. The van der Waals surface area contributed by atoms with Crippen LogP contribution in [0.1, 0.15) is 21.7 Å². The third kappa shape index (κ3) is 2.63. The number of hydrogen-bond acceptors (Lipinski definition) is 4. The van der Waals surface area contributed by atoms with Gasteiger partial charge in [0.05, 0.1) is 6.07 Å². The van der Waals surface area contributed by atoms with Crippen LogP contribution in [0.2, 0.25) is 0 Å². The van der Waals surface area contributed by atoms with Crippen LogP contribution in [0.15, 0.2) is 40.8 Å². The molecular formula is C13H11NO4. The van der Waals surface area contributed by atoms with Gasteiger partial charge in [0.1, 0.15) is 4.92 Å². The maximum atomic E-state index is 11.8. The van der Waals surface area contributed by atoms with Crippen LogP contribution in [0.25, 0.3) is 0 Å². The van der Waals surface area contributed by atoms with Gasteiger partial charge in [-0.2, -0.15) is 0 Å². The molecule has 1 heterocycles. The van der Waals surface area contributed by atoms with Crippen molar-refractivity contribution in [3.05, 3.63) is 63.4 Å². The van der Waals surface area contributed by atoms with Gasteiger partial charge in [0.25, 0.3) is 0 Å². The van der Waals surface area contributed by atoms with Gasteiger partial charge in [-0.05, 0) is 18.6 Å². The summed E-state index contributed by atoms with van der Waals surface area (Å²) in [6.07, 6.45) is 0.173. The standard InChI is InChI=1S/C13H11NO4/c1-9-3-2-4-10(7-9)8-11(15)12-5-6-13(18-12)14(16)17/h2-7H,8H2,1H3. The molecule has 5 heteroatoms. The molecule has 0 spiro atoms. The van der Waals surface area contributed by atoms with Crippen LogP contribution in [-0.2, 0) is 6.42 Å². The molecule has 0 unspecified atom stereocenters. The molecule has 0 saturated heterocycles. The number of carbonyl (C=O) groups excluding carboxylic acids is 1. The molecule has 5 nitrogen and oxygen atoms in total. The molecule has 0 radical (unpaired) electrons. The third-order valence-corrected chi connectivity index (χ3v) is 2.49. The van der Waals surface area contributed by atoms with Gasteiger partial charge in [0, 0.05) is 6.42 Å². The SMILES string of the molecule is Cc1cccc(CC(=O)c2ccc([N+](=O)[O-])o2)c1. The quantitative estimate of drug-likeness (QED) is 0.471. The van der Waals surface area contributed by atoms with Crippen molar-refractivity contribution in [1.82, 2.24) is 0 Å². The van der Waals surface area contributed by atoms with E-state index in [1.54, 1.807) is 0 Å². The fourth-order valence-electron chi connectivity index (χ4n) is 1.67. The number of nitro groups is 1. The van der Waals surface area contributed by atoms with Crippen molar-refractivity contribution in [3.63, 3.8) is 0 Å². The molecule has 2 rings (SSSR count). The Balaban J connectivity index is 2.14. The second-order valence-corrected chi connectivity index (χ2v) is 3.98. The Morgan fingerprint density at radius 3 is 2.72 bits per heavy atom. The van der Waals surface area contributed by atoms with E-state index in [1.807, 2.05) is 31.2 Å². The van der Waals surface area contributed by atoms with Crippen molar-refractivity contribution in [1.29, 1.82) is 0 Å². The number of benzene rings is 1. The van der Waals surface area contributed by atoms with Gasteiger partial charge in [-0.1, -0.05) is 29.8 Å². The summed E-state index contributed by atoms with van der Waals surface area (Å²) in [4.78, 5) is 21.6. The molecule has 0 N–H and O–H groups in total. The first-order valence-corrected chi connectivity index (χ1v) is 5.39. The van der Waals surface area contributed by atoms with Gasteiger partial charge < -0.3 is 4.42 Å². The summed E-state index contributed by atoms with van der Waals surface area (Å²) in [5.74, 6) is -0.667. The van der Waals surface area contributed by atoms with Crippen LogP contribution in [0.4, 0.5) is 5.88 Å². The van der Waals surface area contributed by atoms with Crippen LogP contribution in [0.3, 0.4) is 0 Å². The lowest BCUT2D eigenvalue weighted by atomic mass is 10.1. The van der Waals surface area contributed by atoms with E-state index in [-0.39, 0.29) is 18.0 Å². The van der Waals surface area contributed by atoms with Crippen LogP contribution >= 0.6 is 0 Å². The minimum atomic E-state index is -0.663. The average Bonchev–Trinajstić information content (AvgIpc) is 2.78. The van der Waals surface area contributed by atoms with E-state index in [4.69, 9.17) is 4.42 Å². The number of hydrogen-bond donors (Lipinski definition) is 0. The highest BCUT2D eigenvalue weighted by atomic mass is 16.6. The van der Waals surface area contributed by atoms with Crippen molar-refractivity contribution in [3.8, 4) is 0 Å². The molecule has 0 atom stereocenters. The molecule has 0 aliphatic carbocycles. The Morgan fingerprint density at radius 2 is 2.11 bits per heavy atom. The van der Waals surface area contributed by atoms with Crippen molar-refractivity contribution in [2.75, 3.05) is 0 Å². The summed E-state index contributed by atoms with van der Waals surface area (Å²) in [7, 11) is 0. The molecule has 92 valence electrons. The molecule has 1 aromatic carbocycles. The predicted octanol–water partition coefficient (Wildman–Crippen LogP) is 2.92. The maximum absolute atomic E-state index is 11.8. The van der Waals surface area contributed by atoms with Crippen molar-refractivity contribution >= 4 is 11.7 Å². The lowest BCUT2D eigenvalue weighted by Gasteiger charge is -1.99. The molecule has 0 aliphatic rings. The van der Waals surface area contributed by atoms with Crippen molar-refractivity contribution in [2.24, 2.45) is 0 Å². The summed E-state index contributed by atoms with van der Waals surface area (Å²) < 4.78 is 4.86. The van der Waals surface area contributed by atoms with Gasteiger partial charge in [-0.15, -0.1) is 0 Å². The first-order valence-electron chi connectivity index (χ1n) is 5.39. The molecule has 0 saturated carbocycles. The summed E-state index contributed by atoms with van der Waals surface area (Å²) in [5.41, 5.74) is 1.92. The number of nitrogens with zero attached hydrogens (tertiary/aromatic N) is 1. The summed E-state index contributed by atoms with van der Waals surface area (Å²) >= 11 is 0. The Kier molecular flexibility index (Phi) is 3.23. The zero-order valence-corrected chi connectivity index (χ0v) is 9.75. The monoisotopic (exact) mass is 245 g/mol. The molecule has 1 aromatic heterocycles. The van der Waals surface area contributed by atoms with Crippen molar-refractivity contribution in [2.45, 2.75) is 13.3 Å². The Labute approximate surface area is 103 Å². The average molecular weight is 245 g/mol. The van der Waals surface area contributed by atoms with Crippen LogP contribution in [-0.4, -0.2) is 10.7 Å². The zero-order chi connectivity index (χ0) is 13.1. The summed E-state index contributed by atoms with van der Waals surface area (Å²) in [5, 5.41) is 10.4. The molecule has 0 fully saturated rings. The number of aryl methyl sites for hydroxylation is 1. The molecule has 0 aliphatic heterocycles. The van der Waals surface area contributed by atoms with E-state index >= 15 is 0 Å². The van der Waals surface area contributed by atoms with Gasteiger partial charge in [-0.3, -0.25) is 14.9 Å². The van der Waals surface area contributed by atoms with E-state index in [0.717, 1.165) is 11.1 Å². The highest BCUT2D eigenvalue weighted by Crippen LogP contribution is 2.17. The van der Waals surface area contributed by atoms with E-state index < -0.39 is 10.8 Å². The fraction of sp³-hybridized carbons (Fsp3) is 0.154. The lowest BCUT2D eigenvalue weighted by Crippen LogP contribution is -2.02. The van der Waals surface area contributed by atoms with Gasteiger partial charge in [0.2, 0.25) is 5.78 Å². The second-order valence-electron chi connectivity index (χ2n) is 3.98. The second kappa shape index (κ2) is 4.83. The topological polar surface area (TPSA) is 73.3 Å². The van der Waals surface area contributed by atoms with E-state index in [1.165, 1.54) is 12.1 Å². The van der Waals surface area contributed by atoms with Gasteiger partial charge >= 0.3 is 5.88 Å². The predicted molar refractivity (Wildman–Crippen MR) is 64.6 cm³/mol. The number of Topliss-reactive ketones (excluding diaryl/α,β-unsaturated/α-hetero) is 1. The molecule has 0 bridgehead atoms. The smallest absolute Gasteiger partial charge is 0.397 e. The minimum absolute atomic E-state index is 0.0169. The first kappa shape index (κ1) is 12.0. The van der Waals surface area contributed by atoms with Crippen molar-refractivity contribution < 1.29 is 14.1 Å². The first-order chi connectivity index (χ1) is 8.56. The molecule has 18 heavy (non-hydrogen) atoms. The van der Waals surface area contributed by atoms with Gasteiger partial charge in [0.15, 0.2) is 5.76 Å². The normalized spacial score (nSPS) is 10.3. The number of carbonyl (C=O) groups is 1.